The van der Waals surface area contributed by atoms with Crippen LogP contribution < -0.4 is 0 Å². The molecule has 0 aliphatic heterocycles. The maximum absolute atomic E-state index is 4.78. The fourth-order valence-corrected chi connectivity index (χ4v) is 3.11. The first kappa shape index (κ1) is 10.3. The van der Waals surface area contributed by atoms with Crippen LogP contribution in [0.15, 0.2) is 40.9 Å². The van der Waals surface area contributed by atoms with Gasteiger partial charge in [-0.25, -0.2) is 4.98 Å². The zero-order valence-electron chi connectivity index (χ0n) is 9.94. The maximum Gasteiger partial charge on any atom is 0.137 e. The molecular formula is C15H11BrN2. The molecule has 0 saturated carbocycles. The Hall–Kier alpha value is -1.61. The number of hydrogen-bond donors (Lipinski definition) is 0. The van der Waals surface area contributed by atoms with Crippen molar-refractivity contribution in [1.29, 1.82) is 0 Å². The molecule has 0 N–H and O–H groups in total. The number of benzene rings is 1. The molecule has 1 aromatic carbocycles. The Labute approximate surface area is 113 Å². The lowest BCUT2D eigenvalue weighted by atomic mass is 10.1. The lowest BCUT2D eigenvalue weighted by Crippen LogP contribution is -1.97. The van der Waals surface area contributed by atoms with Crippen LogP contribution in [0.25, 0.3) is 16.9 Å². The summed E-state index contributed by atoms with van der Waals surface area (Å²) in [4.78, 5) is 4.78. The second-order valence-corrected chi connectivity index (χ2v) is 5.56. The summed E-state index contributed by atoms with van der Waals surface area (Å²) in [6.45, 7) is 2.13. The molecule has 0 radical (unpaired) electrons. The molecule has 0 amide bonds. The summed E-state index contributed by atoms with van der Waals surface area (Å²) in [6, 6.07) is 12.7. The SMILES string of the molecule is Cc1c(Br)ccc2nc3c(n12)Cc1ccccc1-3. The zero-order valence-corrected chi connectivity index (χ0v) is 11.5. The highest BCUT2D eigenvalue weighted by Crippen LogP contribution is 2.37. The van der Waals surface area contributed by atoms with E-state index in [1.165, 1.54) is 22.5 Å². The summed E-state index contributed by atoms with van der Waals surface area (Å²) >= 11 is 3.60. The van der Waals surface area contributed by atoms with E-state index in [4.69, 9.17) is 4.98 Å². The van der Waals surface area contributed by atoms with E-state index >= 15 is 0 Å². The van der Waals surface area contributed by atoms with E-state index in [-0.39, 0.29) is 0 Å². The van der Waals surface area contributed by atoms with Crippen molar-refractivity contribution < 1.29 is 0 Å². The summed E-state index contributed by atoms with van der Waals surface area (Å²) in [5.74, 6) is 0. The van der Waals surface area contributed by atoms with Crippen molar-refractivity contribution in [1.82, 2.24) is 9.38 Å². The molecule has 0 saturated heterocycles. The van der Waals surface area contributed by atoms with E-state index in [1.54, 1.807) is 0 Å². The Bertz CT molecular complexity index is 787. The van der Waals surface area contributed by atoms with Crippen molar-refractivity contribution in [3.05, 3.63) is 57.8 Å². The Morgan fingerprint density at radius 2 is 2.00 bits per heavy atom. The molecule has 3 heteroatoms. The molecule has 0 atom stereocenters. The molecule has 1 aliphatic carbocycles. The van der Waals surface area contributed by atoms with Gasteiger partial charge in [-0.05, 0) is 40.5 Å². The number of aromatic nitrogens is 2. The number of aryl methyl sites for hydroxylation is 1. The molecule has 3 aromatic rings. The van der Waals surface area contributed by atoms with E-state index in [0.717, 1.165) is 22.2 Å². The average molecular weight is 299 g/mol. The second kappa shape index (κ2) is 3.45. The van der Waals surface area contributed by atoms with Crippen LogP contribution in [0.1, 0.15) is 17.0 Å². The number of rotatable bonds is 0. The smallest absolute Gasteiger partial charge is 0.137 e. The molecule has 0 fully saturated rings. The second-order valence-electron chi connectivity index (χ2n) is 4.70. The monoisotopic (exact) mass is 298 g/mol. The summed E-state index contributed by atoms with van der Waals surface area (Å²) in [6.07, 6.45) is 0.976. The van der Waals surface area contributed by atoms with Crippen molar-refractivity contribution in [3.8, 4) is 11.3 Å². The van der Waals surface area contributed by atoms with Crippen LogP contribution in [-0.4, -0.2) is 9.38 Å². The lowest BCUT2D eigenvalue weighted by Gasteiger charge is -2.05. The molecule has 2 aromatic heterocycles. The van der Waals surface area contributed by atoms with Gasteiger partial charge in [-0.1, -0.05) is 24.3 Å². The van der Waals surface area contributed by atoms with Crippen LogP contribution in [0, 0.1) is 6.92 Å². The first-order chi connectivity index (χ1) is 8.75. The van der Waals surface area contributed by atoms with Gasteiger partial charge >= 0.3 is 0 Å². The third-order valence-corrected chi connectivity index (χ3v) is 4.53. The largest absolute Gasteiger partial charge is 0.299 e. The summed E-state index contributed by atoms with van der Waals surface area (Å²) < 4.78 is 3.39. The Morgan fingerprint density at radius 1 is 1.17 bits per heavy atom. The van der Waals surface area contributed by atoms with Crippen molar-refractivity contribution >= 4 is 21.6 Å². The fraction of sp³-hybridized carbons (Fsp3) is 0.133. The van der Waals surface area contributed by atoms with Crippen LogP contribution in [0.5, 0.6) is 0 Å². The number of pyridine rings is 1. The number of imidazole rings is 1. The van der Waals surface area contributed by atoms with E-state index in [9.17, 15) is 0 Å². The molecule has 0 unspecified atom stereocenters. The minimum absolute atomic E-state index is 0.976. The molecular weight excluding hydrogens is 288 g/mol. The average Bonchev–Trinajstić information content (AvgIpc) is 2.89. The molecule has 88 valence electrons. The molecule has 18 heavy (non-hydrogen) atoms. The zero-order chi connectivity index (χ0) is 12.3. The van der Waals surface area contributed by atoms with E-state index in [2.05, 4.69) is 63.7 Å². The highest BCUT2D eigenvalue weighted by Gasteiger charge is 2.24. The Balaban J connectivity index is 2.12. The van der Waals surface area contributed by atoms with Gasteiger partial charge in [0, 0.05) is 22.2 Å². The number of fused-ring (bicyclic) bond motifs is 5. The third-order valence-electron chi connectivity index (χ3n) is 3.69. The maximum atomic E-state index is 4.78. The minimum atomic E-state index is 0.976. The van der Waals surface area contributed by atoms with Gasteiger partial charge < -0.3 is 0 Å². The molecule has 0 spiro atoms. The van der Waals surface area contributed by atoms with Gasteiger partial charge in [0.05, 0.1) is 11.4 Å². The molecule has 2 heterocycles. The Morgan fingerprint density at radius 3 is 2.89 bits per heavy atom. The summed E-state index contributed by atoms with van der Waals surface area (Å²) in [5, 5.41) is 0. The number of halogens is 1. The van der Waals surface area contributed by atoms with Crippen LogP contribution in [0.2, 0.25) is 0 Å². The quantitative estimate of drug-likeness (QED) is 0.480. The minimum Gasteiger partial charge on any atom is -0.299 e. The highest BCUT2D eigenvalue weighted by molar-refractivity contribution is 9.10. The van der Waals surface area contributed by atoms with Gasteiger partial charge in [0.1, 0.15) is 5.65 Å². The van der Waals surface area contributed by atoms with Crippen LogP contribution in [-0.2, 0) is 6.42 Å². The molecule has 0 bridgehead atoms. The van der Waals surface area contributed by atoms with E-state index < -0.39 is 0 Å². The van der Waals surface area contributed by atoms with Gasteiger partial charge in [0.15, 0.2) is 0 Å². The number of nitrogens with zero attached hydrogens (tertiary/aromatic N) is 2. The first-order valence-electron chi connectivity index (χ1n) is 6.00. The van der Waals surface area contributed by atoms with Crippen molar-refractivity contribution in [3.63, 3.8) is 0 Å². The van der Waals surface area contributed by atoms with Gasteiger partial charge in [-0.15, -0.1) is 0 Å². The topological polar surface area (TPSA) is 17.3 Å². The van der Waals surface area contributed by atoms with Crippen LogP contribution in [0.4, 0.5) is 0 Å². The van der Waals surface area contributed by atoms with Crippen molar-refractivity contribution in [2.75, 3.05) is 0 Å². The van der Waals surface area contributed by atoms with E-state index in [1.807, 2.05) is 0 Å². The fourth-order valence-electron chi connectivity index (χ4n) is 2.80. The van der Waals surface area contributed by atoms with Gasteiger partial charge in [0.2, 0.25) is 0 Å². The molecule has 1 aliphatic rings. The lowest BCUT2D eigenvalue weighted by molar-refractivity contribution is 0.992. The van der Waals surface area contributed by atoms with E-state index in [0.29, 0.717) is 0 Å². The number of hydrogen-bond acceptors (Lipinski definition) is 1. The standard InChI is InChI=1S/C15H11BrN2/c1-9-12(16)6-7-14-17-15-11-5-3-2-4-10(11)8-13(15)18(9)14/h2-7H,8H2,1H3. The van der Waals surface area contributed by atoms with Crippen molar-refractivity contribution in [2.24, 2.45) is 0 Å². The molecule has 2 nitrogen and oxygen atoms in total. The van der Waals surface area contributed by atoms with Crippen molar-refractivity contribution in [2.45, 2.75) is 13.3 Å². The predicted octanol–water partition coefficient (Wildman–Crippen LogP) is 3.98. The summed E-state index contributed by atoms with van der Waals surface area (Å²) in [7, 11) is 0. The molecule has 4 rings (SSSR count). The predicted molar refractivity (Wildman–Crippen MR) is 75.9 cm³/mol. The van der Waals surface area contributed by atoms with Gasteiger partial charge in [-0.2, -0.15) is 0 Å². The summed E-state index contributed by atoms with van der Waals surface area (Å²) in [5.41, 5.74) is 7.37. The van der Waals surface area contributed by atoms with Crippen LogP contribution in [0.3, 0.4) is 0 Å². The highest BCUT2D eigenvalue weighted by atomic mass is 79.9. The first-order valence-corrected chi connectivity index (χ1v) is 6.80. The van der Waals surface area contributed by atoms with Gasteiger partial charge in [-0.3, -0.25) is 4.40 Å². The van der Waals surface area contributed by atoms with Crippen LogP contribution >= 0.6 is 15.9 Å². The third kappa shape index (κ3) is 1.20. The van der Waals surface area contributed by atoms with Gasteiger partial charge in [0.25, 0.3) is 0 Å². The normalized spacial score (nSPS) is 12.8. The Kier molecular flexibility index (Phi) is 1.98.